The summed E-state index contributed by atoms with van der Waals surface area (Å²) in [5.74, 6) is 0.520. The van der Waals surface area contributed by atoms with Crippen molar-refractivity contribution in [2.24, 2.45) is 0 Å². The topological polar surface area (TPSA) is 75.2 Å². The van der Waals surface area contributed by atoms with E-state index in [1.165, 1.54) is 13.1 Å². The van der Waals surface area contributed by atoms with Crippen LogP contribution in [0.5, 0.6) is 0 Å². The average Bonchev–Trinajstić information content (AvgIpc) is 3.10. The lowest BCUT2D eigenvalue weighted by molar-refractivity contribution is 0.0786. The molecular weight excluding hydrogens is 292 g/mol. The van der Waals surface area contributed by atoms with E-state index in [1.54, 1.807) is 23.2 Å². The zero-order valence-corrected chi connectivity index (χ0v) is 13.0. The number of benzene rings is 1. The minimum absolute atomic E-state index is 0.0288. The Hall–Kier alpha value is -2.76. The van der Waals surface area contributed by atoms with Gasteiger partial charge in [-0.3, -0.25) is 9.59 Å². The van der Waals surface area contributed by atoms with Gasteiger partial charge in [0.2, 0.25) is 0 Å². The molecule has 1 aliphatic rings. The first kappa shape index (κ1) is 15.1. The molecule has 1 aromatic carbocycles. The van der Waals surface area contributed by atoms with Gasteiger partial charge in [-0.1, -0.05) is 0 Å². The van der Waals surface area contributed by atoms with Gasteiger partial charge in [0.05, 0.1) is 12.4 Å². The van der Waals surface area contributed by atoms with E-state index in [0.717, 1.165) is 31.6 Å². The summed E-state index contributed by atoms with van der Waals surface area (Å²) < 4.78 is 0. The van der Waals surface area contributed by atoms with E-state index in [1.807, 2.05) is 12.1 Å². The molecule has 2 aromatic rings. The maximum Gasteiger partial charge on any atom is 0.274 e. The first-order valence-corrected chi connectivity index (χ1v) is 7.63. The van der Waals surface area contributed by atoms with Crippen molar-refractivity contribution in [1.29, 1.82) is 0 Å². The fourth-order valence-electron chi connectivity index (χ4n) is 2.52. The second kappa shape index (κ2) is 6.56. The van der Waals surface area contributed by atoms with E-state index in [0.29, 0.717) is 17.1 Å². The molecule has 6 nitrogen and oxygen atoms in total. The van der Waals surface area contributed by atoms with Gasteiger partial charge in [-0.2, -0.15) is 0 Å². The second-order valence-electron chi connectivity index (χ2n) is 5.54. The van der Waals surface area contributed by atoms with Crippen LogP contribution >= 0.6 is 0 Å². The van der Waals surface area contributed by atoms with Crippen molar-refractivity contribution in [3.63, 3.8) is 0 Å². The van der Waals surface area contributed by atoms with Crippen LogP contribution in [0.25, 0.3) is 0 Å². The number of likely N-dealkylation sites (tertiary alicyclic amines) is 1. The molecule has 2 heterocycles. The standard InChI is InChI=1S/C17H18N4O2/c1-12(22)13-4-6-14(7-5-13)20-16-11-18-15(10-19-16)17(23)21-8-2-3-9-21/h4-7,10-11H,2-3,8-9H2,1H3,(H,19,20). The van der Waals surface area contributed by atoms with Crippen molar-refractivity contribution in [3.05, 3.63) is 47.9 Å². The predicted octanol–water partition coefficient (Wildman–Crippen LogP) is 2.66. The molecule has 0 bridgehead atoms. The Morgan fingerprint density at radius 1 is 1.04 bits per heavy atom. The Morgan fingerprint density at radius 3 is 2.30 bits per heavy atom. The smallest absolute Gasteiger partial charge is 0.274 e. The van der Waals surface area contributed by atoms with Gasteiger partial charge in [-0.25, -0.2) is 9.97 Å². The van der Waals surface area contributed by atoms with Gasteiger partial charge in [0.25, 0.3) is 5.91 Å². The lowest BCUT2D eigenvalue weighted by atomic mass is 10.1. The molecule has 1 amide bonds. The maximum atomic E-state index is 12.2. The second-order valence-corrected chi connectivity index (χ2v) is 5.54. The van der Waals surface area contributed by atoms with E-state index < -0.39 is 0 Å². The monoisotopic (exact) mass is 310 g/mol. The quantitative estimate of drug-likeness (QED) is 0.879. The Morgan fingerprint density at radius 2 is 1.74 bits per heavy atom. The van der Waals surface area contributed by atoms with E-state index >= 15 is 0 Å². The van der Waals surface area contributed by atoms with Gasteiger partial charge in [0.1, 0.15) is 11.5 Å². The molecule has 1 aliphatic heterocycles. The molecule has 1 N–H and O–H groups in total. The minimum Gasteiger partial charge on any atom is -0.339 e. The summed E-state index contributed by atoms with van der Waals surface area (Å²) in [4.78, 5) is 33.7. The average molecular weight is 310 g/mol. The molecule has 1 fully saturated rings. The summed E-state index contributed by atoms with van der Waals surface area (Å²) in [7, 11) is 0. The number of aromatic nitrogens is 2. The lowest BCUT2D eigenvalue weighted by Gasteiger charge is -2.14. The zero-order valence-electron chi connectivity index (χ0n) is 13.0. The third-order valence-corrected chi connectivity index (χ3v) is 3.83. The maximum absolute atomic E-state index is 12.2. The normalized spacial score (nSPS) is 13.9. The first-order chi connectivity index (χ1) is 11.1. The van der Waals surface area contributed by atoms with Crippen molar-refractivity contribution in [3.8, 4) is 0 Å². The van der Waals surface area contributed by atoms with Crippen molar-refractivity contribution >= 4 is 23.2 Å². The third kappa shape index (κ3) is 3.53. The highest BCUT2D eigenvalue weighted by atomic mass is 16.2. The first-order valence-electron chi connectivity index (χ1n) is 7.63. The predicted molar refractivity (Wildman–Crippen MR) is 86.9 cm³/mol. The van der Waals surface area contributed by atoms with Crippen LogP contribution in [0.2, 0.25) is 0 Å². The van der Waals surface area contributed by atoms with E-state index in [4.69, 9.17) is 0 Å². The number of nitrogens with zero attached hydrogens (tertiary/aromatic N) is 3. The van der Waals surface area contributed by atoms with E-state index in [2.05, 4.69) is 15.3 Å². The van der Waals surface area contributed by atoms with Gasteiger partial charge in [-0.05, 0) is 44.0 Å². The number of ketones is 1. The number of rotatable bonds is 4. The van der Waals surface area contributed by atoms with Gasteiger partial charge < -0.3 is 10.2 Å². The molecular formula is C17H18N4O2. The number of anilines is 2. The molecule has 3 rings (SSSR count). The van der Waals surface area contributed by atoms with Crippen molar-refractivity contribution in [2.45, 2.75) is 19.8 Å². The van der Waals surface area contributed by atoms with Crippen LogP contribution in [0.1, 0.15) is 40.6 Å². The molecule has 0 radical (unpaired) electrons. The van der Waals surface area contributed by atoms with Gasteiger partial charge in [-0.15, -0.1) is 0 Å². The van der Waals surface area contributed by atoms with E-state index in [9.17, 15) is 9.59 Å². The number of carbonyl (C=O) groups excluding carboxylic acids is 2. The number of nitrogens with one attached hydrogen (secondary N) is 1. The highest BCUT2D eigenvalue weighted by Gasteiger charge is 2.20. The molecule has 23 heavy (non-hydrogen) atoms. The van der Waals surface area contributed by atoms with Crippen LogP contribution < -0.4 is 5.32 Å². The number of carbonyl (C=O) groups is 2. The number of amides is 1. The highest BCUT2D eigenvalue weighted by molar-refractivity contribution is 5.94. The van der Waals surface area contributed by atoms with Crippen LogP contribution in [-0.4, -0.2) is 39.6 Å². The van der Waals surface area contributed by atoms with Gasteiger partial charge in [0.15, 0.2) is 5.78 Å². The zero-order chi connectivity index (χ0) is 16.2. The number of hydrogen-bond acceptors (Lipinski definition) is 5. The lowest BCUT2D eigenvalue weighted by Crippen LogP contribution is -2.28. The number of hydrogen-bond donors (Lipinski definition) is 1. The molecule has 6 heteroatoms. The minimum atomic E-state index is -0.0626. The van der Waals surface area contributed by atoms with Crippen LogP contribution in [0.3, 0.4) is 0 Å². The summed E-state index contributed by atoms with van der Waals surface area (Å²) in [6.45, 7) is 3.12. The molecule has 0 spiro atoms. The van der Waals surface area contributed by atoms with Crippen LogP contribution in [0.4, 0.5) is 11.5 Å². The van der Waals surface area contributed by atoms with Crippen LogP contribution in [-0.2, 0) is 0 Å². The Kier molecular flexibility index (Phi) is 4.32. The molecule has 1 saturated heterocycles. The Labute approximate surface area is 134 Å². The molecule has 0 saturated carbocycles. The molecule has 0 atom stereocenters. The molecule has 0 aliphatic carbocycles. The number of Topliss-reactive ketones (excluding diaryl/α,β-unsaturated/α-hetero) is 1. The summed E-state index contributed by atoms with van der Waals surface area (Å²) in [5.41, 5.74) is 1.83. The summed E-state index contributed by atoms with van der Waals surface area (Å²) in [6, 6.07) is 7.12. The summed E-state index contributed by atoms with van der Waals surface area (Å²) >= 11 is 0. The third-order valence-electron chi connectivity index (χ3n) is 3.83. The molecule has 118 valence electrons. The SMILES string of the molecule is CC(=O)c1ccc(Nc2cnc(C(=O)N3CCCC3)cn2)cc1. The van der Waals surface area contributed by atoms with Crippen molar-refractivity contribution in [1.82, 2.24) is 14.9 Å². The van der Waals surface area contributed by atoms with Crippen LogP contribution in [0, 0.1) is 0 Å². The Bertz CT molecular complexity index is 704. The van der Waals surface area contributed by atoms with E-state index in [-0.39, 0.29) is 11.7 Å². The largest absolute Gasteiger partial charge is 0.339 e. The summed E-state index contributed by atoms with van der Waals surface area (Å²) in [6.07, 6.45) is 5.14. The van der Waals surface area contributed by atoms with Crippen LogP contribution in [0.15, 0.2) is 36.7 Å². The Balaban J connectivity index is 1.67. The fourth-order valence-corrected chi connectivity index (χ4v) is 2.52. The molecule has 1 aromatic heterocycles. The van der Waals surface area contributed by atoms with Gasteiger partial charge in [0, 0.05) is 24.3 Å². The van der Waals surface area contributed by atoms with Crippen molar-refractivity contribution in [2.75, 3.05) is 18.4 Å². The van der Waals surface area contributed by atoms with Crippen molar-refractivity contribution < 1.29 is 9.59 Å². The fraction of sp³-hybridized carbons (Fsp3) is 0.294. The summed E-state index contributed by atoms with van der Waals surface area (Å²) in [5, 5.41) is 3.10. The molecule has 0 unspecified atom stereocenters. The van der Waals surface area contributed by atoms with Gasteiger partial charge >= 0.3 is 0 Å². The highest BCUT2D eigenvalue weighted by Crippen LogP contribution is 2.16.